The lowest BCUT2D eigenvalue weighted by molar-refractivity contribution is -0.145. The summed E-state index contributed by atoms with van der Waals surface area (Å²) in [5.74, 6) is -1.85. The molecule has 8 heteroatoms. The lowest BCUT2D eigenvalue weighted by Gasteiger charge is -2.14. The van der Waals surface area contributed by atoms with Crippen LogP contribution in [0.15, 0.2) is 10.9 Å². The number of methoxy groups -OCH3 is 1. The molecule has 1 heterocycles. The molecule has 2 atom stereocenters. The van der Waals surface area contributed by atoms with Gasteiger partial charge >= 0.3 is 5.97 Å². The number of ether oxygens (including phenoxy) is 1. The van der Waals surface area contributed by atoms with E-state index in [1.807, 2.05) is 0 Å². The van der Waals surface area contributed by atoms with Crippen LogP contribution in [0.25, 0.3) is 0 Å². The number of nitrogens with zero attached hydrogens (tertiary/aromatic N) is 1. The number of hydrogen-bond donors (Lipinski definition) is 1. The van der Waals surface area contributed by atoms with Gasteiger partial charge < -0.3 is 10.1 Å². The minimum Gasteiger partial charge on any atom is -0.467 e. The maximum atomic E-state index is 12.4. The first-order chi connectivity index (χ1) is 7.56. The zero-order valence-corrected chi connectivity index (χ0v) is 9.72. The van der Waals surface area contributed by atoms with Crippen molar-refractivity contribution in [2.24, 2.45) is 0 Å². The van der Waals surface area contributed by atoms with Crippen molar-refractivity contribution in [1.29, 1.82) is 0 Å². The van der Waals surface area contributed by atoms with E-state index in [-0.39, 0.29) is 5.69 Å². The Morgan fingerprint density at radius 2 is 2.38 bits per heavy atom. The average molecular weight is 267 g/mol. The maximum Gasteiger partial charge on any atom is 0.334 e. The fourth-order valence-electron chi connectivity index (χ4n) is 0.941. The van der Waals surface area contributed by atoms with Crippen LogP contribution in [0.4, 0.5) is 4.39 Å². The Hall–Kier alpha value is -1.21. The van der Waals surface area contributed by atoms with E-state index < -0.39 is 23.5 Å². The topological polar surface area (TPSA) is 68.3 Å². The number of esters is 1. The molecule has 0 aliphatic carbocycles. The summed E-state index contributed by atoms with van der Waals surface area (Å²) in [5.41, 5.74) is -0.460. The number of nitrogens with one attached hydrogen (secondary N) is 1. The molecule has 0 fully saturated rings. The molecule has 88 valence electrons. The summed E-state index contributed by atoms with van der Waals surface area (Å²) in [5, 5.41) is 3.64. The standard InChI is InChI=1S/C8H8ClFN2O3S/c1-15-8(14)5(4-2-16-3-11-4)12-7(13)6(9)10/h2-3,5-6H,1H3,(H,12,13). The third kappa shape index (κ3) is 3.14. The first-order valence-corrected chi connectivity index (χ1v) is 5.48. The average Bonchev–Trinajstić information content (AvgIpc) is 2.77. The molecule has 0 aliphatic heterocycles. The Kier molecular flexibility index (Phi) is 4.63. The molecule has 0 saturated heterocycles. The van der Waals surface area contributed by atoms with Crippen molar-refractivity contribution < 1.29 is 18.7 Å². The highest BCUT2D eigenvalue weighted by molar-refractivity contribution is 7.07. The molecule has 0 radical (unpaired) electrons. The Morgan fingerprint density at radius 1 is 1.69 bits per heavy atom. The fourth-order valence-corrected chi connectivity index (χ4v) is 1.58. The molecule has 0 spiro atoms. The van der Waals surface area contributed by atoms with Gasteiger partial charge in [0.05, 0.1) is 18.3 Å². The van der Waals surface area contributed by atoms with Crippen LogP contribution in [-0.4, -0.2) is 29.6 Å². The minimum atomic E-state index is -2.22. The van der Waals surface area contributed by atoms with Crippen LogP contribution in [0.3, 0.4) is 0 Å². The smallest absolute Gasteiger partial charge is 0.334 e. The summed E-state index contributed by atoms with van der Waals surface area (Å²) in [6, 6.07) is -1.14. The van der Waals surface area contributed by atoms with E-state index in [4.69, 9.17) is 11.6 Å². The van der Waals surface area contributed by atoms with Crippen LogP contribution in [-0.2, 0) is 14.3 Å². The fraction of sp³-hybridized carbons (Fsp3) is 0.375. The van der Waals surface area contributed by atoms with Crippen molar-refractivity contribution >= 4 is 34.8 Å². The van der Waals surface area contributed by atoms with E-state index in [1.54, 1.807) is 5.38 Å². The predicted molar refractivity (Wildman–Crippen MR) is 55.8 cm³/mol. The molecule has 0 saturated carbocycles. The quantitative estimate of drug-likeness (QED) is 0.652. The number of thiazole rings is 1. The number of aromatic nitrogens is 1. The van der Waals surface area contributed by atoms with E-state index in [1.165, 1.54) is 16.8 Å². The molecule has 1 amide bonds. The number of alkyl halides is 2. The second kappa shape index (κ2) is 5.76. The van der Waals surface area contributed by atoms with E-state index >= 15 is 0 Å². The van der Waals surface area contributed by atoms with Gasteiger partial charge in [-0.25, -0.2) is 14.2 Å². The third-order valence-electron chi connectivity index (χ3n) is 1.67. The molecule has 5 nitrogen and oxygen atoms in total. The molecule has 1 aromatic rings. The van der Waals surface area contributed by atoms with E-state index in [0.717, 1.165) is 7.11 Å². The number of hydrogen-bond acceptors (Lipinski definition) is 5. The number of halogens is 2. The first kappa shape index (κ1) is 12.9. The van der Waals surface area contributed by atoms with E-state index in [0.29, 0.717) is 0 Å². The molecule has 1 N–H and O–H groups in total. The Morgan fingerprint density at radius 3 is 2.81 bits per heavy atom. The molecular formula is C8H8ClFN2O3S. The number of carbonyl (C=O) groups excluding carboxylic acids is 2. The van der Waals surface area contributed by atoms with Crippen LogP contribution in [0.2, 0.25) is 0 Å². The van der Waals surface area contributed by atoms with Gasteiger partial charge in [-0.1, -0.05) is 11.6 Å². The van der Waals surface area contributed by atoms with Gasteiger partial charge in [-0.05, 0) is 0 Å². The highest BCUT2D eigenvalue weighted by Gasteiger charge is 2.27. The monoisotopic (exact) mass is 266 g/mol. The zero-order chi connectivity index (χ0) is 12.1. The van der Waals surface area contributed by atoms with Crippen molar-refractivity contribution in [1.82, 2.24) is 10.3 Å². The number of rotatable bonds is 4. The summed E-state index contributed by atoms with van der Waals surface area (Å²) in [7, 11) is 1.15. The van der Waals surface area contributed by atoms with Crippen LogP contribution in [0.1, 0.15) is 11.7 Å². The first-order valence-electron chi connectivity index (χ1n) is 4.10. The lowest BCUT2D eigenvalue weighted by atomic mass is 10.2. The third-order valence-corrected chi connectivity index (χ3v) is 2.47. The zero-order valence-electron chi connectivity index (χ0n) is 8.15. The Labute approximate surface area is 99.6 Å². The second-order valence-corrected chi connectivity index (χ2v) is 3.78. The van der Waals surface area contributed by atoms with Gasteiger partial charge in [-0.3, -0.25) is 4.79 Å². The van der Waals surface area contributed by atoms with Gasteiger partial charge in [0.25, 0.3) is 11.5 Å². The number of amides is 1. The lowest BCUT2D eigenvalue weighted by Crippen LogP contribution is -2.37. The minimum absolute atomic E-state index is 0.280. The highest BCUT2D eigenvalue weighted by atomic mass is 35.5. The summed E-state index contributed by atoms with van der Waals surface area (Å²) in [4.78, 5) is 26.2. The van der Waals surface area contributed by atoms with Crippen molar-refractivity contribution in [3.05, 3.63) is 16.6 Å². The summed E-state index contributed by atoms with van der Waals surface area (Å²) >= 11 is 6.17. The highest BCUT2D eigenvalue weighted by Crippen LogP contribution is 2.15. The van der Waals surface area contributed by atoms with Gasteiger partial charge in [0.1, 0.15) is 0 Å². The summed E-state index contributed by atoms with van der Waals surface area (Å²) in [6.07, 6.45) is 0. The molecular weight excluding hydrogens is 259 g/mol. The van der Waals surface area contributed by atoms with Crippen LogP contribution < -0.4 is 5.32 Å². The van der Waals surface area contributed by atoms with Gasteiger partial charge in [0.2, 0.25) is 0 Å². The number of carbonyl (C=O) groups is 2. The summed E-state index contributed by atoms with van der Waals surface area (Å²) in [6.45, 7) is 0. The molecule has 2 unspecified atom stereocenters. The van der Waals surface area contributed by atoms with Gasteiger partial charge in [0.15, 0.2) is 6.04 Å². The molecule has 16 heavy (non-hydrogen) atoms. The van der Waals surface area contributed by atoms with E-state index in [9.17, 15) is 14.0 Å². The summed E-state index contributed by atoms with van der Waals surface area (Å²) < 4.78 is 16.9. The van der Waals surface area contributed by atoms with Crippen molar-refractivity contribution in [2.45, 2.75) is 11.7 Å². The molecule has 0 bridgehead atoms. The maximum absolute atomic E-state index is 12.4. The van der Waals surface area contributed by atoms with Crippen molar-refractivity contribution in [2.75, 3.05) is 7.11 Å². The van der Waals surface area contributed by atoms with Gasteiger partial charge in [0, 0.05) is 5.38 Å². The van der Waals surface area contributed by atoms with Crippen LogP contribution in [0, 0.1) is 0 Å². The molecule has 1 rings (SSSR count). The SMILES string of the molecule is COC(=O)C(NC(=O)C(F)Cl)c1cscn1. The van der Waals surface area contributed by atoms with Crippen molar-refractivity contribution in [3.63, 3.8) is 0 Å². The molecule has 0 aliphatic rings. The second-order valence-electron chi connectivity index (χ2n) is 2.68. The molecule has 0 aromatic carbocycles. The predicted octanol–water partition coefficient (Wildman–Crippen LogP) is 1.01. The Bertz CT molecular complexity index is 371. The van der Waals surface area contributed by atoms with Gasteiger partial charge in [-0.2, -0.15) is 0 Å². The van der Waals surface area contributed by atoms with Crippen molar-refractivity contribution in [3.8, 4) is 0 Å². The normalized spacial score (nSPS) is 13.9. The Balaban J connectivity index is 2.81. The molecule has 1 aromatic heterocycles. The largest absolute Gasteiger partial charge is 0.467 e. The van der Waals surface area contributed by atoms with E-state index in [2.05, 4.69) is 15.0 Å². The van der Waals surface area contributed by atoms with Crippen LogP contribution in [0.5, 0.6) is 0 Å². The van der Waals surface area contributed by atoms with Crippen LogP contribution >= 0.6 is 22.9 Å². The van der Waals surface area contributed by atoms with Gasteiger partial charge in [-0.15, -0.1) is 11.3 Å².